The summed E-state index contributed by atoms with van der Waals surface area (Å²) < 4.78 is 26.6. The zero-order valence-electron chi connectivity index (χ0n) is 18.0. The minimum atomic E-state index is -3.67. The fourth-order valence-corrected chi connectivity index (χ4v) is 3.99. The number of amides is 2. The van der Waals surface area contributed by atoms with Crippen molar-refractivity contribution in [3.05, 3.63) is 59.7 Å². The lowest BCUT2D eigenvalue weighted by atomic mass is 10.1. The van der Waals surface area contributed by atoms with Crippen LogP contribution >= 0.6 is 0 Å². The van der Waals surface area contributed by atoms with E-state index in [4.69, 9.17) is 0 Å². The summed E-state index contributed by atoms with van der Waals surface area (Å²) >= 11 is 0. The van der Waals surface area contributed by atoms with Crippen LogP contribution in [0.15, 0.2) is 53.4 Å². The lowest BCUT2D eigenvalue weighted by Crippen LogP contribution is -2.33. The largest absolute Gasteiger partial charge is 0.348 e. The molecule has 2 amide bonds. The molecule has 162 valence electrons. The van der Waals surface area contributed by atoms with Gasteiger partial charge in [-0.05, 0) is 49.7 Å². The van der Waals surface area contributed by atoms with E-state index in [-0.39, 0.29) is 40.8 Å². The summed E-state index contributed by atoms with van der Waals surface area (Å²) in [4.78, 5) is 24.5. The van der Waals surface area contributed by atoms with Crippen molar-refractivity contribution in [3.63, 3.8) is 0 Å². The predicted molar refractivity (Wildman–Crippen MR) is 118 cm³/mol. The number of hydrogen-bond acceptors (Lipinski definition) is 4. The highest BCUT2D eigenvalue weighted by Gasteiger charge is 2.23. The molecule has 0 spiro atoms. The second kappa shape index (κ2) is 9.86. The van der Waals surface area contributed by atoms with Gasteiger partial charge in [0, 0.05) is 36.8 Å². The molecule has 7 nitrogen and oxygen atoms in total. The van der Waals surface area contributed by atoms with Gasteiger partial charge in [0.15, 0.2) is 0 Å². The molecule has 2 aromatic carbocycles. The first kappa shape index (κ1) is 23.6. The first-order valence-corrected chi connectivity index (χ1v) is 11.2. The molecule has 0 saturated heterocycles. The van der Waals surface area contributed by atoms with E-state index < -0.39 is 10.0 Å². The number of carbonyl (C=O) groups is 2. The van der Waals surface area contributed by atoms with E-state index in [9.17, 15) is 18.0 Å². The zero-order valence-corrected chi connectivity index (χ0v) is 18.8. The molecule has 0 aliphatic carbocycles. The van der Waals surface area contributed by atoms with Gasteiger partial charge in [0.25, 0.3) is 5.91 Å². The van der Waals surface area contributed by atoms with Crippen molar-refractivity contribution < 1.29 is 18.0 Å². The molecule has 2 rings (SSSR count). The minimum absolute atomic E-state index is 0.0738. The van der Waals surface area contributed by atoms with Gasteiger partial charge < -0.3 is 10.6 Å². The Balaban J connectivity index is 2.10. The van der Waals surface area contributed by atoms with Crippen LogP contribution in [-0.2, 0) is 21.4 Å². The molecule has 0 aliphatic heterocycles. The van der Waals surface area contributed by atoms with Gasteiger partial charge in [0.1, 0.15) is 0 Å². The maximum atomic E-state index is 12.7. The van der Waals surface area contributed by atoms with Crippen molar-refractivity contribution in [1.82, 2.24) is 9.62 Å². The van der Waals surface area contributed by atoms with Crippen LogP contribution in [0.2, 0.25) is 0 Å². The molecule has 30 heavy (non-hydrogen) atoms. The van der Waals surface area contributed by atoms with E-state index in [2.05, 4.69) is 10.6 Å². The molecule has 0 bridgehead atoms. The number of nitrogens with zero attached hydrogens (tertiary/aromatic N) is 1. The fraction of sp³-hybridized carbons (Fsp3) is 0.364. The van der Waals surface area contributed by atoms with Crippen LogP contribution in [0, 0.1) is 5.92 Å². The Hall–Kier alpha value is -2.71. The number of anilines is 1. The van der Waals surface area contributed by atoms with Gasteiger partial charge in [-0.3, -0.25) is 9.59 Å². The number of hydrogen-bond donors (Lipinski definition) is 2. The molecule has 0 atom stereocenters. The quantitative estimate of drug-likeness (QED) is 0.671. The Morgan fingerprint density at radius 2 is 1.67 bits per heavy atom. The van der Waals surface area contributed by atoms with Crippen LogP contribution in [0.5, 0.6) is 0 Å². The molecular weight excluding hydrogens is 402 g/mol. The maximum Gasteiger partial charge on any atom is 0.251 e. The van der Waals surface area contributed by atoms with Gasteiger partial charge in [-0.15, -0.1) is 0 Å². The van der Waals surface area contributed by atoms with Crippen LogP contribution in [0.3, 0.4) is 0 Å². The van der Waals surface area contributed by atoms with Crippen LogP contribution in [-0.4, -0.2) is 37.6 Å². The molecule has 0 aromatic heterocycles. The highest BCUT2D eigenvalue weighted by Crippen LogP contribution is 2.18. The number of carbonyl (C=O) groups excluding carboxylic acids is 2. The molecule has 0 aliphatic rings. The number of sulfonamides is 1. The third-order valence-electron chi connectivity index (χ3n) is 4.67. The first-order valence-electron chi connectivity index (χ1n) is 9.78. The van der Waals surface area contributed by atoms with E-state index in [0.717, 1.165) is 5.56 Å². The lowest BCUT2D eigenvalue weighted by Gasteiger charge is -2.21. The minimum Gasteiger partial charge on any atom is -0.348 e. The molecule has 0 saturated carbocycles. The Kier molecular flexibility index (Phi) is 7.75. The van der Waals surface area contributed by atoms with E-state index in [1.165, 1.54) is 23.5 Å². The molecule has 8 heteroatoms. The fourth-order valence-electron chi connectivity index (χ4n) is 2.57. The van der Waals surface area contributed by atoms with Crippen LogP contribution in [0.4, 0.5) is 5.69 Å². The summed E-state index contributed by atoms with van der Waals surface area (Å²) in [5, 5.41) is 5.61. The smallest absolute Gasteiger partial charge is 0.251 e. The normalized spacial score (nSPS) is 11.7. The van der Waals surface area contributed by atoms with Crippen molar-refractivity contribution >= 4 is 27.5 Å². The van der Waals surface area contributed by atoms with Gasteiger partial charge in [0.2, 0.25) is 15.9 Å². The standard InChI is InChI=1S/C22H29N3O4S/c1-15(2)21(26)24-19-10-6-8-17(12-19)14-23-22(27)18-9-7-11-20(13-18)30(28,29)25(5)16(3)4/h6-13,15-16H,14H2,1-5H3,(H,23,27)(H,24,26). The van der Waals surface area contributed by atoms with Crippen molar-refractivity contribution in [2.24, 2.45) is 5.92 Å². The summed E-state index contributed by atoms with van der Waals surface area (Å²) in [6.45, 7) is 7.43. The predicted octanol–water partition coefficient (Wildman–Crippen LogP) is 3.24. The van der Waals surface area contributed by atoms with E-state index in [0.29, 0.717) is 5.69 Å². The Morgan fingerprint density at radius 1 is 1.00 bits per heavy atom. The van der Waals surface area contributed by atoms with Crippen LogP contribution in [0.1, 0.15) is 43.6 Å². The van der Waals surface area contributed by atoms with Gasteiger partial charge in [-0.25, -0.2) is 8.42 Å². The lowest BCUT2D eigenvalue weighted by molar-refractivity contribution is -0.118. The SMILES string of the molecule is CC(C)C(=O)Nc1cccc(CNC(=O)c2cccc(S(=O)(=O)N(C)C(C)C)c2)c1. The summed E-state index contributed by atoms with van der Waals surface area (Å²) in [7, 11) is -2.16. The average molecular weight is 432 g/mol. The van der Waals surface area contributed by atoms with E-state index in [1.54, 1.807) is 44.2 Å². The molecule has 0 radical (unpaired) electrons. The summed E-state index contributed by atoms with van der Waals surface area (Å²) in [6, 6.07) is 13.0. The van der Waals surface area contributed by atoms with Gasteiger partial charge in [-0.1, -0.05) is 32.0 Å². The second-order valence-electron chi connectivity index (χ2n) is 7.67. The summed E-state index contributed by atoms with van der Waals surface area (Å²) in [6.07, 6.45) is 0. The second-order valence-corrected chi connectivity index (χ2v) is 9.67. The van der Waals surface area contributed by atoms with E-state index in [1.807, 2.05) is 19.9 Å². The number of rotatable bonds is 8. The molecular formula is C22H29N3O4S. The molecule has 2 N–H and O–H groups in total. The summed E-state index contributed by atoms with van der Waals surface area (Å²) in [5.41, 5.74) is 1.73. The Bertz CT molecular complexity index is 1020. The Morgan fingerprint density at radius 3 is 2.30 bits per heavy atom. The van der Waals surface area contributed by atoms with E-state index >= 15 is 0 Å². The number of nitrogens with one attached hydrogen (secondary N) is 2. The average Bonchev–Trinajstić information content (AvgIpc) is 2.71. The number of benzene rings is 2. The van der Waals surface area contributed by atoms with Gasteiger partial charge >= 0.3 is 0 Å². The van der Waals surface area contributed by atoms with Crippen molar-refractivity contribution in [2.75, 3.05) is 12.4 Å². The van der Waals surface area contributed by atoms with Crippen molar-refractivity contribution in [3.8, 4) is 0 Å². The first-order chi connectivity index (χ1) is 14.0. The van der Waals surface area contributed by atoms with Gasteiger partial charge in [-0.2, -0.15) is 4.31 Å². The maximum absolute atomic E-state index is 12.7. The molecule has 2 aromatic rings. The highest BCUT2D eigenvalue weighted by atomic mass is 32.2. The van der Waals surface area contributed by atoms with Crippen molar-refractivity contribution in [2.45, 2.75) is 45.2 Å². The van der Waals surface area contributed by atoms with Gasteiger partial charge in [0.05, 0.1) is 4.90 Å². The van der Waals surface area contributed by atoms with Crippen LogP contribution in [0.25, 0.3) is 0 Å². The monoisotopic (exact) mass is 431 g/mol. The molecule has 0 fully saturated rings. The van der Waals surface area contributed by atoms with Crippen molar-refractivity contribution in [1.29, 1.82) is 0 Å². The van der Waals surface area contributed by atoms with Crippen LogP contribution < -0.4 is 10.6 Å². The topological polar surface area (TPSA) is 95.6 Å². The Labute approximate surface area is 178 Å². The molecule has 0 heterocycles. The highest BCUT2D eigenvalue weighted by molar-refractivity contribution is 7.89. The summed E-state index contributed by atoms with van der Waals surface area (Å²) in [5.74, 6) is -0.594. The molecule has 0 unspecified atom stereocenters. The zero-order chi connectivity index (χ0) is 22.5. The third kappa shape index (κ3) is 5.90. The third-order valence-corrected chi connectivity index (χ3v) is 6.70.